The van der Waals surface area contributed by atoms with Gasteiger partial charge >= 0.3 is 0 Å². The van der Waals surface area contributed by atoms with Crippen LogP contribution in [-0.4, -0.2) is 25.5 Å². The second-order valence-electron chi connectivity index (χ2n) is 5.22. The number of piperidine rings is 1. The molecule has 0 bridgehead atoms. The minimum atomic E-state index is -0.0364. The van der Waals surface area contributed by atoms with Crippen LogP contribution in [0.2, 0.25) is 5.02 Å². The van der Waals surface area contributed by atoms with E-state index in [9.17, 15) is 4.79 Å². The van der Waals surface area contributed by atoms with Gasteiger partial charge in [0.25, 0.3) is 5.91 Å². The van der Waals surface area contributed by atoms with Crippen molar-refractivity contribution in [3.63, 3.8) is 0 Å². The molecule has 1 fully saturated rings. The maximum Gasteiger partial charge on any atom is 0.251 e. The van der Waals surface area contributed by atoms with Gasteiger partial charge in [0.05, 0.1) is 0 Å². The third-order valence-electron chi connectivity index (χ3n) is 3.67. The summed E-state index contributed by atoms with van der Waals surface area (Å²) in [4.78, 5) is 12.0. The van der Waals surface area contributed by atoms with E-state index in [0.29, 0.717) is 16.5 Å². The largest absolute Gasteiger partial charge is 0.352 e. The third-order valence-corrected chi connectivity index (χ3v) is 4.08. The highest BCUT2D eigenvalue weighted by Gasteiger charge is 2.13. The van der Waals surface area contributed by atoms with Crippen molar-refractivity contribution < 1.29 is 4.79 Å². The summed E-state index contributed by atoms with van der Waals surface area (Å²) in [6, 6.07) is 5.43. The number of halogens is 1. The monoisotopic (exact) mass is 280 g/mol. The van der Waals surface area contributed by atoms with Gasteiger partial charge in [0.1, 0.15) is 0 Å². The van der Waals surface area contributed by atoms with Crippen LogP contribution in [0.1, 0.15) is 35.2 Å². The first kappa shape index (κ1) is 14.4. The highest BCUT2D eigenvalue weighted by molar-refractivity contribution is 6.31. The normalized spacial score (nSPS) is 19.2. The van der Waals surface area contributed by atoms with Crippen molar-refractivity contribution in [1.29, 1.82) is 0 Å². The summed E-state index contributed by atoms with van der Waals surface area (Å²) in [5.74, 6) is 0.654. The molecule has 0 radical (unpaired) electrons. The first-order valence-electron chi connectivity index (χ1n) is 6.92. The Balaban J connectivity index is 1.78. The number of rotatable bonds is 4. The minimum Gasteiger partial charge on any atom is -0.352 e. The molecule has 1 aliphatic rings. The summed E-state index contributed by atoms with van der Waals surface area (Å²) >= 11 is 6.03. The van der Waals surface area contributed by atoms with Crippen LogP contribution in [0.15, 0.2) is 18.2 Å². The van der Waals surface area contributed by atoms with E-state index in [1.807, 2.05) is 19.1 Å². The standard InChI is InChI=1S/C15H21ClN2O/c1-11-4-5-13(9-14(11)16)15(19)18-8-6-12-3-2-7-17-10-12/h4-5,9,12,17H,2-3,6-8,10H2,1H3,(H,18,19). The lowest BCUT2D eigenvalue weighted by molar-refractivity contribution is 0.0950. The SMILES string of the molecule is Cc1ccc(C(=O)NCCC2CCCNC2)cc1Cl. The summed E-state index contributed by atoms with van der Waals surface area (Å²) in [6.07, 6.45) is 3.55. The smallest absolute Gasteiger partial charge is 0.251 e. The first-order valence-corrected chi connectivity index (χ1v) is 7.29. The predicted octanol–water partition coefficient (Wildman–Crippen LogP) is 2.77. The summed E-state index contributed by atoms with van der Waals surface area (Å²) in [5, 5.41) is 7.00. The van der Waals surface area contributed by atoms with E-state index in [-0.39, 0.29) is 5.91 Å². The number of hydrogen-bond acceptors (Lipinski definition) is 2. The number of benzene rings is 1. The molecule has 1 aromatic rings. The average Bonchev–Trinajstić information content (AvgIpc) is 2.43. The zero-order chi connectivity index (χ0) is 13.7. The number of aryl methyl sites for hydroxylation is 1. The topological polar surface area (TPSA) is 41.1 Å². The maximum atomic E-state index is 12.0. The van der Waals surface area contributed by atoms with Gasteiger partial charge in [0.15, 0.2) is 0 Å². The van der Waals surface area contributed by atoms with Crippen LogP contribution in [0.5, 0.6) is 0 Å². The Kier molecular flexibility index (Phi) is 5.23. The number of nitrogens with one attached hydrogen (secondary N) is 2. The lowest BCUT2D eigenvalue weighted by Gasteiger charge is -2.22. The summed E-state index contributed by atoms with van der Waals surface area (Å²) < 4.78 is 0. The van der Waals surface area contributed by atoms with Crippen molar-refractivity contribution in [2.75, 3.05) is 19.6 Å². The fourth-order valence-corrected chi connectivity index (χ4v) is 2.58. The van der Waals surface area contributed by atoms with Crippen LogP contribution >= 0.6 is 11.6 Å². The number of carbonyl (C=O) groups excluding carboxylic acids is 1. The number of hydrogen-bond donors (Lipinski definition) is 2. The van der Waals surface area contributed by atoms with Crippen LogP contribution in [0, 0.1) is 12.8 Å². The van der Waals surface area contributed by atoms with Crippen LogP contribution in [-0.2, 0) is 0 Å². The maximum absolute atomic E-state index is 12.0. The van der Waals surface area contributed by atoms with E-state index < -0.39 is 0 Å². The Morgan fingerprint density at radius 1 is 1.53 bits per heavy atom. The second kappa shape index (κ2) is 6.92. The molecule has 1 atom stereocenters. The van der Waals surface area contributed by atoms with Gasteiger partial charge in [0.2, 0.25) is 0 Å². The van der Waals surface area contributed by atoms with E-state index >= 15 is 0 Å². The average molecular weight is 281 g/mol. The molecule has 3 nitrogen and oxygen atoms in total. The van der Waals surface area contributed by atoms with Crippen LogP contribution in [0.4, 0.5) is 0 Å². The lowest BCUT2D eigenvalue weighted by Crippen LogP contribution is -2.33. The molecular formula is C15H21ClN2O. The molecule has 1 heterocycles. The second-order valence-corrected chi connectivity index (χ2v) is 5.63. The quantitative estimate of drug-likeness (QED) is 0.890. The summed E-state index contributed by atoms with van der Waals surface area (Å²) in [6.45, 7) is 4.87. The molecule has 0 spiro atoms. The van der Waals surface area contributed by atoms with Gasteiger partial charge in [-0.2, -0.15) is 0 Å². The lowest BCUT2D eigenvalue weighted by atomic mass is 9.96. The van der Waals surface area contributed by atoms with E-state index in [1.165, 1.54) is 12.8 Å². The van der Waals surface area contributed by atoms with Crippen LogP contribution < -0.4 is 10.6 Å². The van der Waals surface area contributed by atoms with Gasteiger partial charge in [-0.3, -0.25) is 4.79 Å². The van der Waals surface area contributed by atoms with Crippen molar-refractivity contribution in [1.82, 2.24) is 10.6 Å². The molecule has 19 heavy (non-hydrogen) atoms. The zero-order valence-electron chi connectivity index (χ0n) is 11.3. The fourth-order valence-electron chi connectivity index (χ4n) is 2.40. The molecule has 0 saturated carbocycles. The Morgan fingerprint density at radius 3 is 3.05 bits per heavy atom. The van der Waals surface area contributed by atoms with Crippen molar-refractivity contribution in [3.05, 3.63) is 34.3 Å². The molecule has 2 N–H and O–H groups in total. The molecule has 1 unspecified atom stereocenters. The van der Waals surface area contributed by atoms with E-state index in [1.54, 1.807) is 6.07 Å². The third kappa shape index (κ3) is 4.22. The van der Waals surface area contributed by atoms with Crippen molar-refractivity contribution in [3.8, 4) is 0 Å². The van der Waals surface area contributed by atoms with Gasteiger partial charge < -0.3 is 10.6 Å². The van der Waals surface area contributed by atoms with E-state index in [0.717, 1.165) is 31.6 Å². The first-order chi connectivity index (χ1) is 9.16. The molecule has 1 aromatic carbocycles. The Morgan fingerprint density at radius 2 is 2.37 bits per heavy atom. The Bertz CT molecular complexity index is 442. The zero-order valence-corrected chi connectivity index (χ0v) is 12.1. The van der Waals surface area contributed by atoms with Crippen molar-refractivity contribution in [2.24, 2.45) is 5.92 Å². The molecular weight excluding hydrogens is 260 g/mol. The minimum absolute atomic E-state index is 0.0364. The highest BCUT2D eigenvalue weighted by atomic mass is 35.5. The molecule has 0 aromatic heterocycles. The predicted molar refractivity (Wildman–Crippen MR) is 78.7 cm³/mol. The van der Waals surface area contributed by atoms with Crippen LogP contribution in [0.3, 0.4) is 0 Å². The number of carbonyl (C=O) groups is 1. The summed E-state index contributed by atoms with van der Waals surface area (Å²) in [7, 11) is 0. The molecule has 1 aliphatic heterocycles. The van der Waals surface area contributed by atoms with Crippen LogP contribution in [0.25, 0.3) is 0 Å². The van der Waals surface area contributed by atoms with Crippen molar-refractivity contribution in [2.45, 2.75) is 26.2 Å². The molecule has 1 amide bonds. The molecule has 104 valence electrons. The Labute approximate surface area is 119 Å². The van der Waals surface area contributed by atoms with Gasteiger partial charge in [-0.25, -0.2) is 0 Å². The van der Waals surface area contributed by atoms with Gasteiger partial charge in [-0.05, 0) is 62.9 Å². The van der Waals surface area contributed by atoms with E-state index in [4.69, 9.17) is 11.6 Å². The van der Waals surface area contributed by atoms with E-state index in [2.05, 4.69) is 10.6 Å². The fraction of sp³-hybridized carbons (Fsp3) is 0.533. The molecule has 0 aliphatic carbocycles. The molecule has 2 rings (SSSR count). The number of amides is 1. The highest BCUT2D eigenvalue weighted by Crippen LogP contribution is 2.17. The van der Waals surface area contributed by atoms with Gasteiger partial charge in [-0.15, -0.1) is 0 Å². The van der Waals surface area contributed by atoms with Gasteiger partial charge in [-0.1, -0.05) is 17.7 Å². The summed E-state index contributed by atoms with van der Waals surface area (Å²) in [5.41, 5.74) is 1.63. The van der Waals surface area contributed by atoms with Gasteiger partial charge in [0, 0.05) is 17.1 Å². The Hall–Kier alpha value is -1.06. The molecule has 1 saturated heterocycles. The van der Waals surface area contributed by atoms with Crippen molar-refractivity contribution >= 4 is 17.5 Å². The molecule has 4 heteroatoms.